The molecule has 0 saturated carbocycles. The summed E-state index contributed by atoms with van der Waals surface area (Å²) in [6.07, 6.45) is 22.7. The average molecular weight is 542 g/mol. The Labute approximate surface area is 234 Å². The first-order chi connectivity index (χ1) is 18.1. The molecular formula is C33H55NO3Si. The first kappa shape index (κ1) is 32.5. The molecule has 0 fully saturated rings. The van der Waals surface area contributed by atoms with Crippen LogP contribution in [-0.2, 0) is 4.43 Å². The monoisotopic (exact) mass is 541 g/mol. The second-order valence-electron chi connectivity index (χ2n) is 12.6. The number of fused-ring (bicyclic) bond motifs is 1. The highest BCUT2D eigenvalue weighted by atomic mass is 28.4. The van der Waals surface area contributed by atoms with Crippen molar-refractivity contribution in [3.63, 3.8) is 0 Å². The molecule has 1 aromatic carbocycles. The minimum Gasteiger partial charge on any atom is -0.414 e. The predicted octanol–water partition coefficient (Wildman–Crippen LogP) is 9.71. The van der Waals surface area contributed by atoms with Crippen molar-refractivity contribution in [1.29, 1.82) is 0 Å². The normalized spacial score (nSPS) is 15.1. The van der Waals surface area contributed by atoms with E-state index in [9.17, 15) is 9.59 Å². The molecular weight excluding hydrogens is 486 g/mol. The van der Waals surface area contributed by atoms with E-state index in [1.165, 1.54) is 81.9 Å². The van der Waals surface area contributed by atoms with Crippen LogP contribution in [0.3, 0.4) is 0 Å². The molecule has 0 aliphatic carbocycles. The molecule has 0 N–H and O–H groups in total. The van der Waals surface area contributed by atoms with Gasteiger partial charge in [-0.05, 0) is 43.1 Å². The van der Waals surface area contributed by atoms with Crippen LogP contribution in [0.1, 0.15) is 138 Å². The zero-order chi connectivity index (χ0) is 28.0. The number of amides is 2. The number of allylic oxidation sites excluding steroid dienone is 1. The van der Waals surface area contributed by atoms with Gasteiger partial charge in [0.25, 0.3) is 11.8 Å². The van der Waals surface area contributed by atoms with Gasteiger partial charge in [0.05, 0.1) is 23.8 Å². The molecule has 4 nitrogen and oxygen atoms in total. The molecule has 0 saturated heterocycles. The molecule has 1 heterocycles. The van der Waals surface area contributed by atoms with Crippen LogP contribution >= 0.6 is 0 Å². The van der Waals surface area contributed by atoms with Crippen molar-refractivity contribution in [3.8, 4) is 0 Å². The maximum atomic E-state index is 13.2. The van der Waals surface area contributed by atoms with Crippen LogP contribution in [0.4, 0.5) is 0 Å². The third-order valence-electron chi connectivity index (χ3n) is 8.41. The van der Waals surface area contributed by atoms with E-state index in [2.05, 4.69) is 46.9 Å². The Bertz CT molecular complexity index is 851. The third kappa shape index (κ3) is 10.1. The molecule has 0 aromatic heterocycles. The zero-order valence-corrected chi connectivity index (χ0v) is 26.3. The maximum Gasteiger partial charge on any atom is 0.262 e. The molecule has 0 spiro atoms. The van der Waals surface area contributed by atoms with Crippen molar-refractivity contribution in [2.24, 2.45) is 0 Å². The van der Waals surface area contributed by atoms with E-state index in [1.54, 1.807) is 12.1 Å². The molecule has 0 unspecified atom stereocenters. The molecule has 1 aliphatic heterocycles. The van der Waals surface area contributed by atoms with Crippen LogP contribution in [0.15, 0.2) is 36.4 Å². The summed E-state index contributed by atoms with van der Waals surface area (Å²) < 4.78 is 6.48. The third-order valence-corrected chi connectivity index (χ3v) is 12.9. The molecule has 0 bridgehead atoms. The SMILES string of the molecule is CCCCCCCCCCCCCCCC=C[C@H](CO[Si](C)(C)C(C)(C)C)N1C(=O)c2ccccc2C1=O. The topological polar surface area (TPSA) is 46.6 Å². The largest absolute Gasteiger partial charge is 0.414 e. The predicted molar refractivity (Wildman–Crippen MR) is 163 cm³/mol. The Balaban J connectivity index is 1.78. The second kappa shape index (κ2) is 16.4. The fourth-order valence-corrected chi connectivity index (χ4v) is 5.79. The van der Waals surface area contributed by atoms with Crippen LogP contribution in [0.25, 0.3) is 0 Å². The fraction of sp³-hybridized carbons (Fsp3) is 0.697. The van der Waals surface area contributed by atoms with Gasteiger partial charge in [0.15, 0.2) is 8.32 Å². The number of nitrogens with zero attached hydrogens (tertiary/aromatic N) is 1. The van der Waals surface area contributed by atoms with Crippen LogP contribution in [0.5, 0.6) is 0 Å². The van der Waals surface area contributed by atoms with E-state index >= 15 is 0 Å². The van der Waals surface area contributed by atoms with E-state index in [4.69, 9.17) is 4.43 Å². The van der Waals surface area contributed by atoms with Crippen LogP contribution in [-0.4, -0.2) is 37.7 Å². The molecule has 1 aliphatic rings. The van der Waals surface area contributed by atoms with Crippen LogP contribution in [0.2, 0.25) is 18.1 Å². The molecule has 1 aromatic rings. The number of carbonyl (C=O) groups excluding carboxylic acids is 2. The van der Waals surface area contributed by atoms with Crippen LogP contribution in [0, 0.1) is 0 Å². The summed E-state index contributed by atoms with van der Waals surface area (Å²) >= 11 is 0. The van der Waals surface area contributed by atoms with Crippen molar-refractivity contribution in [2.75, 3.05) is 6.61 Å². The Kier molecular flexibility index (Phi) is 14.0. The van der Waals surface area contributed by atoms with E-state index < -0.39 is 8.32 Å². The van der Waals surface area contributed by atoms with Gasteiger partial charge in [0, 0.05) is 0 Å². The number of hydrogen-bond donors (Lipinski definition) is 0. The number of unbranched alkanes of at least 4 members (excludes halogenated alkanes) is 13. The van der Waals surface area contributed by atoms with E-state index in [-0.39, 0.29) is 22.9 Å². The van der Waals surface area contributed by atoms with Gasteiger partial charge in [-0.25, -0.2) is 0 Å². The summed E-state index contributed by atoms with van der Waals surface area (Å²) in [7, 11) is -2.02. The number of rotatable bonds is 19. The average Bonchev–Trinajstić information content (AvgIpc) is 3.12. The number of imide groups is 1. The Hall–Kier alpha value is -1.72. The van der Waals surface area contributed by atoms with Crippen molar-refractivity contribution < 1.29 is 14.0 Å². The van der Waals surface area contributed by atoms with Gasteiger partial charge in [-0.3, -0.25) is 14.5 Å². The quantitative estimate of drug-likeness (QED) is 0.0758. The van der Waals surface area contributed by atoms with E-state index in [0.717, 1.165) is 12.8 Å². The molecule has 1 atom stereocenters. The molecule has 0 radical (unpaired) electrons. The lowest BCUT2D eigenvalue weighted by Crippen LogP contribution is -2.47. The maximum absolute atomic E-state index is 13.2. The number of carbonyl (C=O) groups is 2. The van der Waals surface area contributed by atoms with Gasteiger partial charge < -0.3 is 4.43 Å². The van der Waals surface area contributed by atoms with Gasteiger partial charge >= 0.3 is 0 Å². The number of hydrogen-bond acceptors (Lipinski definition) is 3. The van der Waals surface area contributed by atoms with E-state index in [0.29, 0.717) is 17.7 Å². The first-order valence-electron chi connectivity index (χ1n) is 15.4. The second-order valence-corrected chi connectivity index (χ2v) is 17.4. The lowest BCUT2D eigenvalue weighted by atomic mass is 10.0. The molecule has 38 heavy (non-hydrogen) atoms. The summed E-state index contributed by atoms with van der Waals surface area (Å²) in [5.74, 6) is -0.417. The standard InChI is InChI=1S/C33H55NO3Si/c1-7-8-9-10-11-12-13-14-15-16-17-18-19-20-21-24-28(27-37-38(5,6)33(2,3)4)34-31(35)29-25-22-23-26-30(29)32(34)36/h21-26,28H,7-20,27H2,1-6H3/t28-/m1/s1. The molecule has 5 heteroatoms. The molecule has 2 amide bonds. The van der Waals surface area contributed by atoms with Crippen molar-refractivity contribution in [2.45, 2.75) is 142 Å². The van der Waals surface area contributed by atoms with Gasteiger partial charge in [0.2, 0.25) is 0 Å². The number of benzene rings is 1. The lowest BCUT2D eigenvalue weighted by Gasteiger charge is -2.38. The van der Waals surface area contributed by atoms with Crippen molar-refractivity contribution in [1.82, 2.24) is 4.90 Å². The highest BCUT2D eigenvalue weighted by Crippen LogP contribution is 2.37. The summed E-state index contributed by atoms with van der Waals surface area (Å²) in [6.45, 7) is 13.7. The Morgan fingerprint density at radius 3 is 1.68 bits per heavy atom. The van der Waals surface area contributed by atoms with Crippen molar-refractivity contribution >= 4 is 20.1 Å². The van der Waals surface area contributed by atoms with Crippen LogP contribution < -0.4 is 0 Å². The zero-order valence-electron chi connectivity index (χ0n) is 25.3. The highest BCUT2D eigenvalue weighted by Gasteiger charge is 2.42. The highest BCUT2D eigenvalue weighted by molar-refractivity contribution is 6.74. The molecule has 214 valence electrons. The fourth-order valence-electron chi connectivity index (χ4n) is 4.77. The van der Waals surface area contributed by atoms with Gasteiger partial charge in [-0.15, -0.1) is 0 Å². The summed E-state index contributed by atoms with van der Waals surface area (Å²) in [5.41, 5.74) is 0.999. The summed E-state index contributed by atoms with van der Waals surface area (Å²) in [4.78, 5) is 27.7. The van der Waals surface area contributed by atoms with Crippen molar-refractivity contribution in [3.05, 3.63) is 47.5 Å². The minimum atomic E-state index is -2.02. The van der Waals surface area contributed by atoms with Gasteiger partial charge in [-0.2, -0.15) is 0 Å². The first-order valence-corrected chi connectivity index (χ1v) is 18.3. The smallest absolute Gasteiger partial charge is 0.262 e. The summed E-state index contributed by atoms with van der Waals surface area (Å²) in [5, 5.41) is 0.0673. The Morgan fingerprint density at radius 2 is 1.24 bits per heavy atom. The van der Waals surface area contributed by atoms with Gasteiger partial charge in [0.1, 0.15) is 0 Å². The summed E-state index contributed by atoms with van der Waals surface area (Å²) in [6, 6.07) is 6.76. The van der Waals surface area contributed by atoms with Gasteiger partial charge in [-0.1, -0.05) is 129 Å². The van der Waals surface area contributed by atoms with E-state index in [1.807, 2.05) is 18.2 Å². The Morgan fingerprint density at radius 1 is 0.789 bits per heavy atom. The lowest BCUT2D eigenvalue weighted by molar-refractivity contribution is 0.0569. The minimum absolute atomic E-state index is 0.0673. The molecule has 2 rings (SSSR count).